The first kappa shape index (κ1) is 18.9. The van der Waals surface area contributed by atoms with Crippen LogP contribution in [0.5, 0.6) is 0 Å². The average molecular weight is 384 g/mol. The fraction of sp³-hybridized carbons (Fsp3) is 0.143. The Morgan fingerprint density at radius 2 is 1.89 bits per heavy atom. The molecular weight excluding hydrogens is 364 g/mol. The average Bonchev–Trinajstić information content (AvgIpc) is 3.22. The smallest absolute Gasteiger partial charge is 0.279 e. The maximum atomic E-state index is 12.8. The number of quaternary nitrogens is 1. The molecule has 1 amide bonds. The van der Waals surface area contributed by atoms with Crippen molar-refractivity contribution >= 4 is 29.0 Å². The first-order chi connectivity index (χ1) is 13.0. The molecule has 0 radical (unpaired) electrons. The van der Waals surface area contributed by atoms with Gasteiger partial charge in [-0.05, 0) is 37.3 Å². The molecule has 1 atom stereocenters. The zero-order valence-corrected chi connectivity index (χ0v) is 15.6. The van der Waals surface area contributed by atoms with Crippen molar-refractivity contribution in [1.29, 1.82) is 0 Å². The highest BCUT2D eigenvalue weighted by Gasteiger charge is 2.18. The minimum atomic E-state index is -0.210. The number of benzene rings is 2. The second-order valence-electron chi connectivity index (χ2n) is 6.18. The lowest BCUT2D eigenvalue weighted by Crippen LogP contribution is -2.86. The molecule has 2 aromatic carbocycles. The molecule has 0 fully saturated rings. The van der Waals surface area contributed by atoms with Crippen LogP contribution in [-0.4, -0.2) is 18.2 Å². The molecule has 3 rings (SSSR count). The molecule has 0 spiro atoms. The van der Waals surface area contributed by atoms with Crippen LogP contribution in [-0.2, 0) is 4.79 Å². The molecule has 6 heteroatoms. The van der Waals surface area contributed by atoms with E-state index in [0.29, 0.717) is 21.8 Å². The van der Waals surface area contributed by atoms with E-state index < -0.39 is 0 Å². The molecule has 0 bridgehead atoms. The summed E-state index contributed by atoms with van der Waals surface area (Å²) in [6.07, 6.45) is 1.61. The molecule has 1 aromatic heterocycles. The third-order valence-corrected chi connectivity index (χ3v) is 4.42. The Kier molecular flexibility index (Phi) is 6.06. The highest BCUT2D eigenvalue weighted by Crippen LogP contribution is 2.23. The van der Waals surface area contributed by atoms with Gasteiger partial charge in [-0.2, -0.15) is 0 Å². The maximum absolute atomic E-state index is 12.8. The van der Waals surface area contributed by atoms with Crippen LogP contribution >= 0.6 is 11.6 Å². The Hall–Kier alpha value is -2.89. The summed E-state index contributed by atoms with van der Waals surface area (Å²) in [6, 6.07) is 17.4. The van der Waals surface area contributed by atoms with Crippen molar-refractivity contribution in [3.63, 3.8) is 0 Å². The van der Waals surface area contributed by atoms with Gasteiger partial charge < -0.3 is 15.1 Å². The van der Waals surface area contributed by atoms with Gasteiger partial charge in [0.15, 0.2) is 18.1 Å². The van der Waals surface area contributed by atoms with E-state index >= 15 is 0 Å². The first-order valence-corrected chi connectivity index (χ1v) is 8.98. The molecule has 0 aliphatic rings. The summed E-state index contributed by atoms with van der Waals surface area (Å²) < 4.78 is 5.34. The maximum Gasteiger partial charge on any atom is 0.279 e. The molecule has 5 nitrogen and oxygen atoms in total. The number of furan rings is 1. The summed E-state index contributed by atoms with van der Waals surface area (Å²) >= 11 is 6.06. The number of nitrogens with two attached hydrogens (primary N) is 1. The van der Waals surface area contributed by atoms with E-state index in [-0.39, 0.29) is 24.3 Å². The Morgan fingerprint density at radius 1 is 1.11 bits per heavy atom. The van der Waals surface area contributed by atoms with E-state index in [1.807, 2.05) is 30.4 Å². The number of nitrogens with one attached hydrogen (secondary N) is 1. The van der Waals surface area contributed by atoms with Crippen LogP contribution in [0.2, 0.25) is 5.02 Å². The van der Waals surface area contributed by atoms with Crippen LogP contribution in [0.15, 0.2) is 71.3 Å². The molecule has 1 heterocycles. The van der Waals surface area contributed by atoms with Gasteiger partial charge in [0.1, 0.15) is 6.04 Å². The van der Waals surface area contributed by atoms with Gasteiger partial charge in [0, 0.05) is 16.1 Å². The third kappa shape index (κ3) is 4.84. The number of hydrogen-bond acceptors (Lipinski definition) is 3. The number of ketones is 1. The molecule has 0 saturated heterocycles. The quantitative estimate of drug-likeness (QED) is 0.614. The number of rotatable bonds is 7. The van der Waals surface area contributed by atoms with Crippen molar-refractivity contribution < 1.29 is 19.3 Å². The van der Waals surface area contributed by atoms with Crippen LogP contribution in [0.4, 0.5) is 5.69 Å². The fourth-order valence-corrected chi connectivity index (χ4v) is 2.88. The second-order valence-corrected chi connectivity index (χ2v) is 6.61. The zero-order chi connectivity index (χ0) is 19.2. The van der Waals surface area contributed by atoms with E-state index in [1.54, 1.807) is 48.7 Å². The number of amides is 1. The molecule has 138 valence electrons. The Labute approximate surface area is 162 Å². The monoisotopic (exact) mass is 383 g/mol. The van der Waals surface area contributed by atoms with Crippen LogP contribution in [0, 0.1) is 0 Å². The molecule has 0 aliphatic heterocycles. The number of halogens is 1. The highest BCUT2D eigenvalue weighted by atomic mass is 35.5. The summed E-state index contributed by atoms with van der Waals surface area (Å²) in [5, 5.41) is 5.11. The van der Waals surface area contributed by atoms with E-state index in [4.69, 9.17) is 16.0 Å². The number of hydrogen-bond donors (Lipinski definition) is 2. The molecule has 3 N–H and O–H groups in total. The second kappa shape index (κ2) is 8.66. The minimum absolute atomic E-state index is 0.0152. The molecule has 3 aromatic rings. The number of carbonyl (C=O) groups is 2. The van der Waals surface area contributed by atoms with E-state index in [1.165, 1.54) is 0 Å². The summed E-state index contributed by atoms with van der Waals surface area (Å²) in [6.45, 7) is 2.15. The van der Waals surface area contributed by atoms with E-state index in [9.17, 15) is 9.59 Å². The Morgan fingerprint density at radius 3 is 2.59 bits per heavy atom. The van der Waals surface area contributed by atoms with Crippen molar-refractivity contribution in [2.45, 2.75) is 13.0 Å². The summed E-state index contributed by atoms with van der Waals surface area (Å²) in [4.78, 5) is 25.2. The predicted octanol–water partition coefficient (Wildman–Crippen LogP) is 3.43. The van der Waals surface area contributed by atoms with Gasteiger partial charge in [-0.15, -0.1) is 0 Å². The standard InChI is InChI=1S/C21H19ClN2O3/c1-14(19-8-5-11-27-19)23-13-20(25)24-18-10-9-16(22)12-17(18)21(26)15-6-3-2-4-7-15/h2-12,14,23H,13H2,1H3,(H,24,25)/p+1/t14-/m1/s1. The van der Waals surface area contributed by atoms with Crippen LogP contribution in [0.25, 0.3) is 0 Å². The van der Waals surface area contributed by atoms with Crippen molar-refractivity contribution in [3.05, 3.63) is 88.8 Å². The van der Waals surface area contributed by atoms with Crippen LogP contribution in [0.3, 0.4) is 0 Å². The first-order valence-electron chi connectivity index (χ1n) is 8.60. The normalized spacial score (nSPS) is 11.8. The summed E-state index contributed by atoms with van der Waals surface area (Å²) in [5.74, 6) is 0.397. The van der Waals surface area contributed by atoms with Crippen molar-refractivity contribution in [1.82, 2.24) is 0 Å². The Balaban J connectivity index is 1.71. The third-order valence-electron chi connectivity index (χ3n) is 4.19. The van der Waals surface area contributed by atoms with Crippen LogP contribution < -0.4 is 10.6 Å². The number of anilines is 1. The predicted molar refractivity (Wildman–Crippen MR) is 104 cm³/mol. The van der Waals surface area contributed by atoms with Gasteiger partial charge in [0.25, 0.3) is 5.91 Å². The van der Waals surface area contributed by atoms with Gasteiger partial charge in [-0.3, -0.25) is 9.59 Å². The molecule has 0 saturated carbocycles. The van der Waals surface area contributed by atoms with E-state index in [2.05, 4.69) is 5.32 Å². The topological polar surface area (TPSA) is 75.9 Å². The van der Waals surface area contributed by atoms with Gasteiger partial charge >= 0.3 is 0 Å². The zero-order valence-electron chi connectivity index (χ0n) is 14.8. The Bertz CT molecular complexity index is 924. The summed E-state index contributed by atoms with van der Waals surface area (Å²) in [7, 11) is 0. The van der Waals surface area contributed by atoms with Crippen molar-refractivity contribution in [3.8, 4) is 0 Å². The summed E-state index contributed by atoms with van der Waals surface area (Å²) in [5.41, 5.74) is 1.34. The molecule has 27 heavy (non-hydrogen) atoms. The molecule has 0 unspecified atom stereocenters. The van der Waals surface area contributed by atoms with Crippen molar-refractivity contribution in [2.24, 2.45) is 0 Å². The minimum Gasteiger partial charge on any atom is -0.463 e. The fourth-order valence-electron chi connectivity index (χ4n) is 2.71. The van der Waals surface area contributed by atoms with Gasteiger partial charge in [-0.1, -0.05) is 41.9 Å². The van der Waals surface area contributed by atoms with Gasteiger partial charge in [0.05, 0.1) is 12.0 Å². The molecule has 0 aliphatic carbocycles. The van der Waals surface area contributed by atoms with E-state index in [0.717, 1.165) is 5.76 Å². The van der Waals surface area contributed by atoms with Crippen molar-refractivity contribution in [2.75, 3.05) is 11.9 Å². The van der Waals surface area contributed by atoms with Gasteiger partial charge in [0.2, 0.25) is 0 Å². The highest BCUT2D eigenvalue weighted by molar-refractivity contribution is 6.31. The number of carbonyl (C=O) groups excluding carboxylic acids is 2. The largest absolute Gasteiger partial charge is 0.463 e. The molecular formula is C21H20ClN2O3+. The lowest BCUT2D eigenvalue weighted by Gasteiger charge is -2.12. The SMILES string of the molecule is C[C@@H]([NH2+]CC(=O)Nc1ccc(Cl)cc1C(=O)c1ccccc1)c1ccco1. The van der Waals surface area contributed by atoms with Gasteiger partial charge in [-0.25, -0.2) is 0 Å². The lowest BCUT2D eigenvalue weighted by atomic mass is 10.0. The lowest BCUT2D eigenvalue weighted by molar-refractivity contribution is -0.684. The van der Waals surface area contributed by atoms with Crippen LogP contribution in [0.1, 0.15) is 34.6 Å².